The number of hydrogen-bond donors (Lipinski definition) is 0. The van der Waals surface area contributed by atoms with Gasteiger partial charge < -0.3 is 4.57 Å². The second-order valence-corrected chi connectivity index (χ2v) is 13.8. The molecule has 12 rings (SSSR count). The summed E-state index contributed by atoms with van der Waals surface area (Å²) in [5, 5.41) is 7.55. The third kappa shape index (κ3) is 4.46. The summed E-state index contributed by atoms with van der Waals surface area (Å²) in [4.78, 5) is 15.7. The molecule has 260 valence electrons. The molecular weight excluding hydrogens is 683 g/mol. The van der Waals surface area contributed by atoms with Crippen LogP contribution in [0.5, 0.6) is 0 Å². The average molecular weight is 722 g/mol. The number of aromatic nitrogens is 5. The first-order valence-electron chi connectivity index (χ1n) is 22.3. The Bertz CT molecular complexity index is 3880. The number of benzene rings is 9. The van der Waals surface area contributed by atoms with Crippen LogP contribution in [-0.4, -0.2) is 24.1 Å². The molecule has 0 aliphatic carbocycles. The predicted molar refractivity (Wildman–Crippen MR) is 232 cm³/mol. The molecule has 0 fully saturated rings. The number of para-hydroxylation sites is 4. The van der Waals surface area contributed by atoms with Gasteiger partial charge in [0.1, 0.15) is 0 Å². The molecule has 0 N–H and O–H groups in total. The Morgan fingerprint density at radius 1 is 0.357 bits per heavy atom. The Kier molecular flexibility index (Phi) is 5.10. The number of hydrogen-bond acceptors (Lipinski definition) is 3. The van der Waals surface area contributed by atoms with Crippen LogP contribution in [-0.2, 0) is 0 Å². The van der Waals surface area contributed by atoms with Crippen LogP contribution >= 0.6 is 0 Å². The highest BCUT2D eigenvalue weighted by Crippen LogP contribution is 2.42. The molecule has 5 heteroatoms. The largest absolute Gasteiger partial charge is 0.308 e. The minimum absolute atomic E-state index is 0.00125. The van der Waals surface area contributed by atoms with E-state index in [2.05, 4.69) is 30.3 Å². The van der Waals surface area contributed by atoms with Crippen molar-refractivity contribution in [2.45, 2.75) is 0 Å². The maximum Gasteiger partial charge on any atom is 0.238 e. The molecule has 0 saturated carbocycles. The molecule has 0 saturated heterocycles. The van der Waals surface area contributed by atoms with Gasteiger partial charge in [0, 0.05) is 32.7 Å². The zero-order valence-corrected chi connectivity index (χ0v) is 29.5. The van der Waals surface area contributed by atoms with E-state index in [1.165, 1.54) is 0 Å². The van der Waals surface area contributed by atoms with Gasteiger partial charge in [0.25, 0.3) is 0 Å². The van der Waals surface area contributed by atoms with E-state index >= 15 is 0 Å². The number of fused-ring (bicyclic) bond motifs is 12. The fraction of sp³-hybridized carbons (Fsp3) is 0. The van der Waals surface area contributed by atoms with Gasteiger partial charge in [0.15, 0.2) is 11.6 Å². The molecule has 0 atom stereocenters. The molecule has 0 radical (unpaired) electrons. The van der Waals surface area contributed by atoms with Crippen molar-refractivity contribution in [3.05, 3.63) is 188 Å². The standard InChI is InChI=1S/C51H31N5/c1-2-16-32(17-3-1)49-52-50(54-51(53-49)56-46-28-14-10-24-39(46)40-25-11-15-29-47(40)56)43-30-41-35-20-6-4-18-33(35)34-19-5-7-21-36(34)42(41)31-48(43)55-44-26-12-8-22-37(44)38-23-9-13-27-45(38)55/h1-31H/i8D,9D,12D,13D,22D,23D,26D,27D. The van der Waals surface area contributed by atoms with Crippen LogP contribution in [0.25, 0.3) is 110 Å². The van der Waals surface area contributed by atoms with Gasteiger partial charge in [0.2, 0.25) is 5.95 Å². The van der Waals surface area contributed by atoms with E-state index in [1.54, 1.807) is 4.57 Å². The topological polar surface area (TPSA) is 48.5 Å². The lowest BCUT2D eigenvalue weighted by atomic mass is 9.92. The monoisotopic (exact) mass is 721 g/mol. The van der Waals surface area contributed by atoms with Crippen LogP contribution in [0.1, 0.15) is 11.0 Å². The highest BCUT2D eigenvalue weighted by molar-refractivity contribution is 6.26. The summed E-state index contributed by atoms with van der Waals surface area (Å²) in [5.74, 6) is 0.946. The smallest absolute Gasteiger partial charge is 0.238 e. The fourth-order valence-corrected chi connectivity index (χ4v) is 8.40. The summed E-state index contributed by atoms with van der Waals surface area (Å²) in [6.45, 7) is 0. The summed E-state index contributed by atoms with van der Waals surface area (Å²) >= 11 is 0. The highest BCUT2D eigenvalue weighted by atomic mass is 15.2. The minimum atomic E-state index is -0.513. The van der Waals surface area contributed by atoms with Gasteiger partial charge in [-0.1, -0.05) is 152 Å². The summed E-state index contributed by atoms with van der Waals surface area (Å²) in [5.41, 5.74) is 3.27. The van der Waals surface area contributed by atoms with E-state index in [0.29, 0.717) is 23.0 Å². The quantitative estimate of drug-likeness (QED) is 0.170. The molecule has 3 aromatic heterocycles. The van der Waals surface area contributed by atoms with Gasteiger partial charge in [-0.05, 0) is 68.7 Å². The van der Waals surface area contributed by atoms with E-state index in [4.69, 9.17) is 20.4 Å². The normalized spacial score (nSPS) is 13.9. The van der Waals surface area contributed by atoms with Crippen molar-refractivity contribution in [3.63, 3.8) is 0 Å². The first-order chi connectivity index (χ1) is 31.1. The van der Waals surface area contributed by atoms with E-state index in [9.17, 15) is 5.48 Å². The Balaban J connectivity index is 1.32. The highest BCUT2D eigenvalue weighted by Gasteiger charge is 2.23. The molecular formula is C51H31N5. The van der Waals surface area contributed by atoms with Crippen LogP contribution in [0.3, 0.4) is 0 Å². The maximum atomic E-state index is 9.43. The summed E-state index contributed by atoms with van der Waals surface area (Å²) in [6, 6.07) is 42.2. The van der Waals surface area contributed by atoms with Crippen molar-refractivity contribution in [1.82, 2.24) is 24.1 Å². The lowest BCUT2D eigenvalue weighted by molar-refractivity contribution is 0.952. The molecule has 0 unspecified atom stereocenters. The second-order valence-electron chi connectivity index (χ2n) is 13.8. The van der Waals surface area contributed by atoms with Gasteiger partial charge in [-0.25, -0.2) is 4.98 Å². The molecule has 0 aliphatic rings. The molecule has 3 heterocycles. The maximum absolute atomic E-state index is 9.43. The van der Waals surface area contributed by atoms with Crippen molar-refractivity contribution in [2.24, 2.45) is 0 Å². The molecule has 0 aliphatic heterocycles. The van der Waals surface area contributed by atoms with Crippen molar-refractivity contribution in [3.8, 4) is 34.4 Å². The molecule has 5 nitrogen and oxygen atoms in total. The Labute approximate surface area is 332 Å². The van der Waals surface area contributed by atoms with Crippen LogP contribution < -0.4 is 0 Å². The van der Waals surface area contributed by atoms with Gasteiger partial charge >= 0.3 is 0 Å². The summed E-state index contributed by atoms with van der Waals surface area (Å²) in [6.07, 6.45) is 0. The second kappa shape index (κ2) is 11.9. The fourth-order valence-electron chi connectivity index (χ4n) is 8.40. The van der Waals surface area contributed by atoms with Crippen molar-refractivity contribution in [1.29, 1.82) is 0 Å². The third-order valence-corrected chi connectivity index (χ3v) is 10.8. The predicted octanol–water partition coefficient (Wildman–Crippen LogP) is 12.9. The van der Waals surface area contributed by atoms with Crippen molar-refractivity contribution < 1.29 is 11.0 Å². The molecule has 56 heavy (non-hydrogen) atoms. The van der Waals surface area contributed by atoms with Gasteiger partial charge in [-0.15, -0.1) is 0 Å². The first kappa shape index (κ1) is 23.9. The number of rotatable bonds is 4. The van der Waals surface area contributed by atoms with Crippen molar-refractivity contribution >= 4 is 75.9 Å². The van der Waals surface area contributed by atoms with E-state index in [1.807, 2.05) is 114 Å². The lowest BCUT2D eigenvalue weighted by Crippen LogP contribution is -2.08. The first-order valence-corrected chi connectivity index (χ1v) is 18.3. The zero-order valence-electron chi connectivity index (χ0n) is 37.5. The molecule has 0 bridgehead atoms. The lowest BCUT2D eigenvalue weighted by Gasteiger charge is -2.18. The summed E-state index contributed by atoms with van der Waals surface area (Å²) in [7, 11) is 0. The Morgan fingerprint density at radius 2 is 0.821 bits per heavy atom. The average Bonchev–Trinajstić information content (AvgIpc) is 3.88. The SMILES string of the molecule is [2H]c1c([2H])c([2H])c2c(c1[2H])c1c([2H])c([2H])c([2H])c([2H])c1n2-c1cc2c3ccccc3c3ccccc3c2cc1-c1nc(-c2ccccc2)nc(-n2c3ccccc3c3ccccc32)n1. The third-order valence-electron chi connectivity index (χ3n) is 10.8. The van der Waals surface area contributed by atoms with Crippen LogP contribution in [0.15, 0.2) is 188 Å². The molecule has 0 spiro atoms. The molecule has 9 aromatic carbocycles. The summed E-state index contributed by atoms with van der Waals surface area (Å²) < 4.78 is 76.0. The van der Waals surface area contributed by atoms with Crippen LogP contribution in [0, 0.1) is 0 Å². The Hall–Kier alpha value is -7.63. The van der Waals surface area contributed by atoms with Gasteiger partial charge in [-0.3, -0.25) is 4.57 Å². The van der Waals surface area contributed by atoms with Crippen molar-refractivity contribution in [2.75, 3.05) is 0 Å². The number of nitrogens with zero attached hydrogens (tertiary/aromatic N) is 5. The molecule has 12 aromatic rings. The Morgan fingerprint density at radius 3 is 1.41 bits per heavy atom. The van der Waals surface area contributed by atoms with E-state index in [0.717, 1.165) is 59.7 Å². The zero-order chi connectivity index (χ0) is 43.7. The minimum Gasteiger partial charge on any atom is -0.308 e. The molecule has 0 amide bonds. The van der Waals surface area contributed by atoms with Gasteiger partial charge in [-0.2, -0.15) is 9.97 Å². The van der Waals surface area contributed by atoms with Gasteiger partial charge in [0.05, 0.1) is 38.7 Å². The van der Waals surface area contributed by atoms with E-state index < -0.39 is 48.3 Å². The van der Waals surface area contributed by atoms with E-state index in [-0.39, 0.29) is 27.6 Å². The van der Waals surface area contributed by atoms with Crippen LogP contribution in [0.2, 0.25) is 0 Å². The van der Waals surface area contributed by atoms with Crippen LogP contribution in [0.4, 0.5) is 0 Å².